The van der Waals surface area contributed by atoms with Gasteiger partial charge < -0.3 is 9.64 Å². The molecule has 2 aliphatic heterocycles. The van der Waals surface area contributed by atoms with Crippen LogP contribution in [0.15, 0.2) is 29.2 Å². The summed E-state index contributed by atoms with van der Waals surface area (Å²) in [6.07, 6.45) is 3.54. The number of rotatable bonds is 4. The number of piperidine rings is 1. The lowest BCUT2D eigenvalue weighted by molar-refractivity contribution is -0.135. The van der Waals surface area contributed by atoms with Crippen molar-refractivity contribution in [1.29, 1.82) is 0 Å². The van der Waals surface area contributed by atoms with E-state index in [1.165, 1.54) is 23.5 Å². The molecule has 6 nitrogen and oxygen atoms in total. The minimum absolute atomic E-state index is 0.0895. The topological polar surface area (TPSA) is 66.9 Å². The van der Waals surface area contributed by atoms with E-state index < -0.39 is 16.1 Å². The molecule has 0 aromatic heterocycles. The van der Waals surface area contributed by atoms with Crippen molar-refractivity contribution in [3.63, 3.8) is 0 Å². The maximum absolute atomic E-state index is 13.1. The second-order valence-electron chi connectivity index (χ2n) is 6.54. The van der Waals surface area contributed by atoms with Crippen molar-refractivity contribution < 1.29 is 17.9 Å². The summed E-state index contributed by atoms with van der Waals surface area (Å²) in [5.41, 5.74) is 0. The molecule has 1 aromatic rings. The zero-order chi connectivity index (χ0) is 18.0. The van der Waals surface area contributed by atoms with E-state index in [4.69, 9.17) is 4.74 Å². The molecular weight excluding hydrogens is 360 g/mol. The van der Waals surface area contributed by atoms with Gasteiger partial charge in [-0.1, -0.05) is 0 Å². The number of likely N-dealkylation sites (tertiary alicyclic amines) is 1. The van der Waals surface area contributed by atoms with Crippen molar-refractivity contribution in [3.8, 4) is 5.75 Å². The predicted octanol–water partition coefficient (Wildman–Crippen LogP) is 1.77. The van der Waals surface area contributed by atoms with Gasteiger partial charge in [-0.3, -0.25) is 4.79 Å². The van der Waals surface area contributed by atoms with Crippen LogP contribution in [0.25, 0.3) is 0 Å². The van der Waals surface area contributed by atoms with Gasteiger partial charge in [0.1, 0.15) is 11.8 Å². The number of hydrogen-bond donors (Lipinski definition) is 1. The van der Waals surface area contributed by atoms with Crippen LogP contribution in [0, 0.1) is 0 Å². The average molecular weight is 385 g/mol. The molecule has 2 saturated heterocycles. The summed E-state index contributed by atoms with van der Waals surface area (Å²) < 4.78 is 32.5. The highest BCUT2D eigenvalue weighted by atomic mass is 32.2. The Hall–Kier alpha value is -1.25. The molecule has 0 saturated carbocycles. The van der Waals surface area contributed by atoms with Gasteiger partial charge in [0.05, 0.1) is 12.0 Å². The third-order valence-electron chi connectivity index (χ3n) is 4.85. The first-order chi connectivity index (χ1) is 11.9. The first-order valence-corrected chi connectivity index (χ1v) is 10.5. The van der Waals surface area contributed by atoms with E-state index in [0.29, 0.717) is 25.3 Å². The van der Waals surface area contributed by atoms with Crippen LogP contribution in [0.2, 0.25) is 0 Å². The van der Waals surface area contributed by atoms with Gasteiger partial charge in [-0.2, -0.15) is 16.9 Å². The van der Waals surface area contributed by atoms with Crippen LogP contribution in [0.1, 0.15) is 25.7 Å². The molecule has 3 rings (SSSR count). The lowest BCUT2D eigenvalue weighted by Gasteiger charge is -2.32. The summed E-state index contributed by atoms with van der Waals surface area (Å²) in [5.74, 6) is 0.502. The highest BCUT2D eigenvalue weighted by Gasteiger charge is 2.44. The number of benzene rings is 1. The van der Waals surface area contributed by atoms with Gasteiger partial charge >= 0.3 is 0 Å². The highest BCUT2D eigenvalue weighted by molar-refractivity contribution is 7.89. The Bertz CT molecular complexity index is 715. The van der Waals surface area contributed by atoms with Crippen molar-refractivity contribution in [1.82, 2.24) is 9.21 Å². The number of hydrogen-bond acceptors (Lipinski definition) is 5. The van der Waals surface area contributed by atoms with Crippen LogP contribution in [0.3, 0.4) is 0 Å². The number of ether oxygens (including phenoxy) is 1. The lowest BCUT2D eigenvalue weighted by Crippen LogP contribution is -2.49. The molecule has 1 amide bonds. The van der Waals surface area contributed by atoms with Gasteiger partial charge in [-0.15, -0.1) is 0 Å². The van der Waals surface area contributed by atoms with Crippen LogP contribution in [-0.2, 0) is 14.8 Å². The van der Waals surface area contributed by atoms with Crippen molar-refractivity contribution in [2.24, 2.45) is 0 Å². The second kappa shape index (κ2) is 7.55. The van der Waals surface area contributed by atoms with Crippen molar-refractivity contribution in [3.05, 3.63) is 24.3 Å². The zero-order valence-corrected chi connectivity index (χ0v) is 16.0. The standard InChI is InChI=1S/C17H24N2O4S2/c1-23-13-5-7-15(8-6-13)25(21,22)19-12-14(24)11-16(19)17(20)18-9-3-2-4-10-18/h5-8,14,16,24H,2-4,9-12H2,1H3/t14-,16-/m0/s1. The second-order valence-corrected chi connectivity index (χ2v) is 9.16. The first kappa shape index (κ1) is 18.5. The third kappa shape index (κ3) is 3.80. The van der Waals surface area contributed by atoms with E-state index in [-0.39, 0.29) is 22.6 Å². The minimum Gasteiger partial charge on any atom is -0.497 e. The third-order valence-corrected chi connectivity index (χ3v) is 7.12. The molecule has 0 aliphatic carbocycles. The predicted molar refractivity (Wildman–Crippen MR) is 98.5 cm³/mol. The van der Waals surface area contributed by atoms with E-state index in [1.807, 2.05) is 0 Å². The molecule has 0 unspecified atom stereocenters. The number of carbonyl (C=O) groups excluding carboxylic acids is 1. The smallest absolute Gasteiger partial charge is 0.243 e. The maximum atomic E-state index is 13.1. The Morgan fingerprint density at radius 1 is 1.16 bits per heavy atom. The average Bonchev–Trinajstić information content (AvgIpc) is 3.04. The molecule has 1 aromatic carbocycles. The van der Waals surface area contributed by atoms with Crippen molar-refractivity contribution >= 4 is 28.6 Å². The van der Waals surface area contributed by atoms with E-state index >= 15 is 0 Å². The summed E-state index contributed by atoms with van der Waals surface area (Å²) in [4.78, 5) is 14.9. The molecule has 25 heavy (non-hydrogen) atoms. The summed E-state index contributed by atoms with van der Waals surface area (Å²) in [6.45, 7) is 1.67. The molecule has 2 aliphatic rings. The van der Waals surface area contributed by atoms with Gasteiger partial charge in [-0.05, 0) is 49.9 Å². The molecule has 0 spiro atoms. The Morgan fingerprint density at radius 2 is 1.80 bits per heavy atom. The molecule has 0 radical (unpaired) electrons. The Kier molecular flexibility index (Phi) is 5.60. The molecule has 2 atom stereocenters. The normalized spacial score (nSPS) is 25.1. The van der Waals surface area contributed by atoms with Crippen molar-refractivity contribution in [2.75, 3.05) is 26.7 Å². The maximum Gasteiger partial charge on any atom is 0.243 e. The fraction of sp³-hybridized carbons (Fsp3) is 0.588. The number of nitrogens with zero attached hydrogens (tertiary/aromatic N) is 2. The lowest BCUT2D eigenvalue weighted by atomic mass is 10.1. The van der Waals surface area contributed by atoms with E-state index in [9.17, 15) is 13.2 Å². The molecule has 2 heterocycles. The van der Waals surface area contributed by atoms with Crippen LogP contribution in [0.4, 0.5) is 0 Å². The number of amides is 1. The molecule has 138 valence electrons. The van der Waals surface area contributed by atoms with Crippen LogP contribution in [-0.4, -0.2) is 61.6 Å². The van der Waals surface area contributed by atoms with Gasteiger partial charge in [0.15, 0.2) is 0 Å². The monoisotopic (exact) mass is 384 g/mol. The Morgan fingerprint density at radius 3 is 2.40 bits per heavy atom. The van der Waals surface area contributed by atoms with E-state index in [1.54, 1.807) is 17.0 Å². The summed E-state index contributed by atoms with van der Waals surface area (Å²) >= 11 is 4.45. The SMILES string of the molecule is COc1ccc(S(=O)(=O)N2C[C@@H](S)C[C@H]2C(=O)N2CCCCC2)cc1. The zero-order valence-electron chi connectivity index (χ0n) is 14.3. The van der Waals surface area contributed by atoms with Gasteiger partial charge in [0, 0.05) is 24.9 Å². The van der Waals surface area contributed by atoms with Gasteiger partial charge in [-0.25, -0.2) is 8.42 Å². The van der Waals surface area contributed by atoms with Gasteiger partial charge in [0.25, 0.3) is 0 Å². The largest absolute Gasteiger partial charge is 0.497 e. The summed E-state index contributed by atoms with van der Waals surface area (Å²) in [7, 11) is -2.22. The molecular formula is C17H24N2O4S2. The van der Waals surface area contributed by atoms with Crippen molar-refractivity contribution in [2.45, 2.75) is 41.9 Å². The summed E-state index contributed by atoms with van der Waals surface area (Å²) in [6, 6.07) is 5.60. The Labute approximate surface area is 154 Å². The number of sulfonamides is 1. The molecule has 2 fully saturated rings. The van der Waals surface area contributed by atoms with Crippen LogP contribution in [0.5, 0.6) is 5.75 Å². The fourth-order valence-corrected chi connectivity index (χ4v) is 5.61. The van der Waals surface area contributed by atoms with E-state index in [0.717, 1.165) is 19.3 Å². The fourth-order valence-electron chi connectivity index (χ4n) is 3.48. The molecule has 0 bridgehead atoms. The highest BCUT2D eigenvalue weighted by Crippen LogP contribution is 2.31. The minimum atomic E-state index is -3.75. The Balaban J connectivity index is 1.85. The number of methoxy groups -OCH3 is 1. The number of thiol groups is 1. The van der Waals surface area contributed by atoms with Crippen LogP contribution >= 0.6 is 12.6 Å². The molecule has 8 heteroatoms. The summed E-state index contributed by atoms with van der Waals surface area (Å²) in [5, 5.41) is -0.133. The number of carbonyl (C=O) groups is 1. The van der Waals surface area contributed by atoms with Gasteiger partial charge in [0.2, 0.25) is 15.9 Å². The quantitative estimate of drug-likeness (QED) is 0.804. The molecule has 0 N–H and O–H groups in total. The first-order valence-electron chi connectivity index (χ1n) is 8.56. The van der Waals surface area contributed by atoms with E-state index in [2.05, 4.69) is 12.6 Å². The van der Waals surface area contributed by atoms with Crippen LogP contribution < -0.4 is 4.74 Å².